The van der Waals surface area contributed by atoms with Crippen molar-refractivity contribution in [3.8, 4) is 10.8 Å². The molecule has 4 rings (SSSR count). The molecule has 0 saturated heterocycles. The van der Waals surface area contributed by atoms with Crippen LogP contribution in [0.5, 0.6) is 5.75 Å². The summed E-state index contributed by atoms with van der Waals surface area (Å²) in [6.07, 6.45) is 2.26. The number of halogens is 1. The highest BCUT2D eigenvalue weighted by Gasteiger charge is 2.36. The van der Waals surface area contributed by atoms with Crippen molar-refractivity contribution in [2.24, 2.45) is 0 Å². The molecule has 0 bridgehead atoms. The van der Waals surface area contributed by atoms with Gasteiger partial charge in [-0.15, -0.1) is 0 Å². The molecule has 0 fully saturated rings. The summed E-state index contributed by atoms with van der Waals surface area (Å²) in [6.45, 7) is 12.1. The lowest BCUT2D eigenvalue weighted by atomic mass is 10.0. The van der Waals surface area contributed by atoms with Gasteiger partial charge in [0.1, 0.15) is 33.0 Å². The van der Waals surface area contributed by atoms with Gasteiger partial charge in [0.05, 0.1) is 25.1 Å². The first-order valence-electron chi connectivity index (χ1n) is 13.4. The molecule has 10 nitrogen and oxygen atoms in total. The van der Waals surface area contributed by atoms with Gasteiger partial charge in [-0.3, -0.25) is 14.2 Å². The number of fused-ring (bicyclic) bond motifs is 1. The van der Waals surface area contributed by atoms with Gasteiger partial charge >= 0.3 is 5.69 Å². The van der Waals surface area contributed by atoms with E-state index in [1.165, 1.54) is 55.1 Å². The summed E-state index contributed by atoms with van der Waals surface area (Å²) in [4.78, 5) is 42.1. The van der Waals surface area contributed by atoms with Gasteiger partial charge in [0.15, 0.2) is 0 Å². The maximum Gasteiger partial charge on any atom is 0.333 e. The summed E-state index contributed by atoms with van der Waals surface area (Å²) in [5, 5.41) is 8.09. The van der Waals surface area contributed by atoms with Crippen LogP contribution < -0.4 is 21.3 Å². The molecular weight excluding hydrogens is 549 g/mol. The second kappa shape index (κ2) is 11.6. The molecule has 3 heterocycles. The van der Waals surface area contributed by atoms with Crippen molar-refractivity contribution >= 4 is 27.5 Å². The number of carbonyl (C=O) groups excluding carboxylic acids is 1. The summed E-state index contributed by atoms with van der Waals surface area (Å²) >= 11 is 1.23. The van der Waals surface area contributed by atoms with Crippen molar-refractivity contribution in [1.29, 1.82) is 0 Å². The first kappa shape index (κ1) is 30.2. The Hall–Kier alpha value is -3.77. The van der Waals surface area contributed by atoms with Gasteiger partial charge in [-0.2, -0.15) is 5.10 Å². The minimum Gasteiger partial charge on any atom is -0.496 e. The third kappa shape index (κ3) is 5.71. The second-order valence-corrected chi connectivity index (χ2v) is 11.9. The number of methoxy groups -OCH3 is 1. The summed E-state index contributed by atoms with van der Waals surface area (Å²) in [5.41, 5.74) is -1.77. The van der Waals surface area contributed by atoms with Crippen LogP contribution >= 0.6 is 11.3 Å². The van der Waals surface area contributed by atoms with Gasteiger partial charge in [-0.05, 0) is 72.7 Å². The number of amides is 1. The highest BCUT2D eigenvalue weighted by atomic mass is 32.1. The normalized spacial score (nSPS) is 12.9. The zero-order valence-corrected chi connectivity index (χ0v) is 25.3. The van der Waals surface area contributed by atoms with E-state index < -0.39 is 34.6 Å². The van der Waals surface area contributed by atoms with Crippen molar-refractivity contribution in [3.05, 3.63) is 74.4 Å². The van der Waals surface area contributed by atoms with Crippen molar-refractivity contribution in [3.63, 3.8) is 0 Å². The Morgan fingerprint density at radius 1 is 1.20 bits per heavy atom. The molecular formula is C29H36FN5O5S. The lowest BCUT2D eigenvalue weighted by Gasteiger charge is -2.29. The van der Waals surface area contributed by atoms with Gasteiger partial charge < -0.3 is 14.8 Å². The monoisotopic (exact) mass is 585 g/mol. The van der Waals surface area contributed by atoms with E-state index >= 15 is 0 Å². The molecule has 1 N–H and O–H groups in total. The van der Waals surface area contributed by atoms with Crippen molar-refractivity contribution in [1.82, 2.24) is 24.2 Å². The molecule has 0 radical (unpaired) electrons. The van der Waals surface area contributed by atoms with Crippen molar-refractivity contribution < 1.29 is 18.7 Å². The maximum absolute atomic E-state index is 14.5. The number of thiophene rings is 1. The third-order valence-corrected chi connectivity index (χ3v) is 8.06. The van der Waals surface area contributed by atoms with E-state index in [1.807, 2.05) is 13.8 Å². The van der Waals surface area contributed by atoms with Gasteiger partial charge in [-0.25, -0.2) is 18.4 Å². The standard InChI is InChI=1S/C29H36FN5O5S/c1-16(2)32-27(37)29(6,7)35-24(36)23-18(5)25(34-13-9-12-31-34)41-26(23)33(28(35)38)15-22(40-17(3)4)20-14-19(30)10-11-21(20)39-8/h9-14,16-17,22H,15H2,1-8H3,(H,32,37). The predicted molar refractivity (Wildman–Crippen MR) is 157 cm³/mol. The Morgan fingerprint density at radius 3 is 2.49 bits per heavy atom. The van der Waals surface area contributed by atoms with E-state index in [9.17, 15) is 18.8 Å². The number of hydrogen-bond donors (Lipinski definition) is 1. The number of ether oxygens (including phenoxy) is 2. The number of hydrogen-bond acceptors (Lipinski definition) is 7. The van der Waals surface area contributed by atoms with E-state index in [2.05, 4.69) is 10.4 Å². The fourth-order valence-electron chi connectivity index (χ4n) is 4.80. The van der Waals surface area contributed by atoms with E-state index in [0.717, 1.165) is 4.57 Å². The molecule has 1 aromatic carbocycles. The lowest BCUT2D eigenvalue weighted by molar-refractivity contribution is -0.129. The highest BCUT2D eigenvalue weighted by molar-refractivity contribution is 7.21. The van der Waals surface area contributed by atoms with Gasteiger partial charge in [0, 0.05) is 29.6 Å². The average molecular weight is 586 g/mol. The summed E-state index contributed by atoms with van der Waals surface area (Å²) in [5.74, 6) is -0.564. The number of nitrogens with zero attached hydrogens (tertiary/aromatic N) is 4. The molecule has 1 atom stereocenters. The second-order valence-electron chi connectivity index (χ2n) is 10.9. The van der Waals surface area contributed by atoms with Crippen LogP contribution in [0.25, 0.3) is 15.2 Å². The maximum atomic E-state index is 14.5. The van der Waals surface area contributed by atoms with Crippen LogP contribution in [0.4, 0.5) is 4.39 Å². The molecule has 12 heteroatoms. The quantitative estimate of drug-likeness (QED) is 0.297. The fourth-order valence-corrected chi connectivity index (χ4v) is 6.05. The molecule has 3 aromatic heterocycles. The Labute approximate surface area is 241 Å². The van der Waals surface area contributed by atoms with Crippen molar-refractivity contribution in [2.45, 2.75) is 78.8 Å². The molecule has 0 aliphatic rings. The Bertz CT molecular complexity index is 1680. The molecule has 1 amide bonds. The predicted octanol–water partition coefficient (Wildman–Crippen LogP) is 4.29. The number of aromatic nitrogens is 4. The van der Waals surface area contributed by atoms with Crippen LogP contribution in [0.15, 0.2) is 46.2 Å². The van der Waals surface area contributed by atoms with Crippen LogP contribution in [-0.2, 0) is 21.6 Å². The number of nitrogens with one attached hydrogen (secondary N) is 1. The minimum absolute atomic E-state index is 0.0754. The summed E-state index contributed by atoms with van der Waals surface area (Å²) < 4.78 is 30.2. The molecule has 0 aliphatic heterocycles. The molecule has 0 aliphatic carbocycles. The topological polar surface area (TPSA) is 109 Å². The first-order chi connectivity index (χ1) is 19.3. The zero-order valence-electron chi connectivity index (χ0n) is 24.5. The largest absolute Gasteiger partial charge is 0.496 e. The Morgan fingerprint density at radius 2 is 1.90 bits per heavy atom. The highest BCUT2D eigenvalue weighted by Crippen LogP contribution is 2.35. The van der Waals surface area contributed by atoms with Gasteiger partial charge in [0.2, 0.25) is 5.91 Å². The average Bonchev–Trinajstić information content (AvgIpc) is 3.53. The van der Waals surface area contributed by atoms with Crippen LogP contribution in [0.2, 0.25) is 0 Å². The minimum atomic E-state index is -1.53. The van der Waals surface area contributed by atoms with Crippen LogP contribution in [0.3, 0.4) is 0 Å². The molecule has 0 saturated carbocycles. The molecule has 0 spiro atoms. The first-order valence-corrected chi connectivity index (χ1v) is 14.2. The van der Waals surface area contributed by atoms with E-state index in [0.29, 0.717) is 32.1 Å². The van der Waals surface area contributed by atoms with E-state index in [-0.39, 0.29) is 18.7 Å². The number of benzene rings is 1. The summed E-state index contributed by atoms with van der Waals surface area (Å²) in [7, 11) is 1.47. The Kier molecular flexibility index (Phi) is 8.55. The molecule has 220 valence electrons. The number of rotatable bonds is 10. The zero-order chi connectivity index (χ0) is 30.2. The SMILES string of the molecule is COc1ccc(F)cc1C(Cn1c(=O)n(C(C)(C)C(=O)NC(C)C)c(=O)c2c(C)c(-n3cccn3)sc21)OC(C)C. The molecule has 41 heavy (non-hydrogen) atoms. The third-order valence-electron chi connectivity index (χ3n) is 6.76. The van der Waals surface area contributed by atoms with E-state index in [4.69, 9.17) is 9.47 Å². The van der Waals surface area contributed by atoms with Gasteiger partial charge in [-0.1, -0.05) is 11.3 Å². The van der Waals surface area contributed by atoms with Gasteiger partial charge in [0.25, 0.3) is 5.56 Å². The van der Waals surface area contributed by atoms with Crippen molar-refractivity contribution in [2.75, 3.05) is 7.11 Å². The molecule has 1 unspecified atom stereocenters. The van der Waals surface area contributed by atoms with Crippen LogP contribution in [0, 0.1) is 12.7 Å². The molecule has 4 aromatic rings. The van der Waals surface area contributed by atoms with Crippen LogP contribution in [-0.4, -0.2) is 44.1 Å². The number of carbonyl (C=O) groups is 1. The Balaban J connectivity index is 2.05. The smallest absolute Gasteiger partial charge is 0.333 e. The van der Waals surface area contributed by atoms with E-state index in [1.54, 1.807) is 43.9 Å². The van der Waals surface area contributed by atoms with Crippen LogP contribution in [0.1, 0.15) is 58.8 Å². The number of aryl methyl sites for hydroxylation is 1. The lowest BCUT2D eigenvalue weighted by Crippen LogP contribution is -2.56. The summed E-state index contributed by atoms with van der Waals surface area (Å²) in [6, 6.07) is 5.66. The fraction of sp³-hybridized carbons (Fsp3) is 0.448.